The van der Waals surface area contributed by atoms with Crippen LogP contribution in [0.15, 0.2) is 42.5 Å². The lowest BCUT2D eigenvalue weighted by Crippen LogP contribution is -2.19. The van der Waals surface area contributed by atoms with Crippen LogP contribution in [-0.4, -0.2) is 6.54 Å². The normalized spacial score (nSPS) is 16.1. The Morgan fingerprint density at radius 2 is 1.70 bits per heavy atom. The van der Waals surface area contributed by atoms with Gasteiger partial charge in [-0.05, 0) is 60.9 Å². The Labute approximate surface area is 121 Å². The fourth-order valence-electron chi connectivity index (χ4n) is 2.92. The Hall–Kier alpha value is -1.60. The molecule has 0 heterocycles. The van der Waals surface area contributed by atoms with Crippen molar-refractivity contribution >= 4 is 0 Å². The molecule has 20 heavy (non-hydrogen) atoms. The van der Waals surface area contributed by atoms with E-state index in [1.807, 2.05) is 0 Å². The second kappa shape index (κ2) is 5.06. The van der Waals surface area contributed by atoms with Crippen molar-refractivity contribution in [2.75, 3.05) is 6.54 Å². The molecule has 1 nitrogen and oxygen atoms in total. The standard InChI is InChI=1S/C19H23N/c1-14-6-7-17(10-15(14)2)11-16-4-3-5-18(12-16)19(13-20)8-9-19/h3-7,10,12H,8-9,11,13,20H2,1-2H3. The van der Waals surface area contributed by atoms with Crippen LogP contribution in [0.25, 0.3) is 0 Å². The number of benzene rings is 2. The van der Waals surface area contributed by atoms with Gasteiger partial charge in [-0.15, -0.1) is 0 Å². The van der Waals surface area contributed by atoms with E-state index in [1.54, 1.807) is 0 Å². The zero-order chi connectivity index (χ0) is 14.2. The first-order valence-electron chi connectivity index (χ1n) is 7.49. The molecule has 0 aromatic heterocycles. The summed E-state index contributed by atoms with van der Waals surface area (Å²) in [6, 6.07) is 15.8. The largest absolute Gasteiger partial charge is 0.330 e. The van der Waals surface area contributed by atoms with Crippen molar-refractivity contribution in [2.45, 2.75) is 38.5 Å². The van der Waals surface area contributed by atoms with Crippen LogP contribution in [0.3, 0.4) is 0 Å². The summed E-state index contributed by atoms with van der Waals surface area (Å²) in [6.07, 6.45) is 3.50. The number of hydrogen-bond acceptors (Lipinski definition) is 1. The molecule has 0 aliphatic heterocycles. The minimum absolute atomic E-state index is 0.291. The third-order valence-corrected chi connectivity index (χ3v) is 4.76. The summed E-state index contributed by atoms with van der Waals surface area (Å²) >= 11 is 0. The average molecular weight is 265 g/mol. The average Bonchev–Trinajstić information content (AvgIpc) is 3.24. The Balaban J connectivity index is 1.84. The van der Waals surface area contributed by atoms with Gasteiger partial charge >= 0.3 is 0 Å². The predicted molar refractivity (Wildman–Crippen MR) is 85.1 cm³/mol. The molecular weight excluding hydrogens is 242 g/mol. The van der Waals surface area contributed by atoms with E-state index in [1.165, 1.54) is 40.7 Å². The monoisotopic (exact) mass is 265 g/mol. The van der Waals surface area contributed by atoms with Crippen LogP contribution in [0.4, 0.5) is 0 Å². The van der Waals surface area contributed by atoms with E-state index in [2.05, 4.69) is 56.3 Å². The van der Waals surface area contributed by atoms with Crippen molar-refractivity contribution in [3.05, 3.63) is 70.3 Å². The maximum absolute atomic E-state index is 5.94. The SMILES string of the molecule is Cc1ccc(Cc2cccc(C3(CN)CC3)c2)cc1C. The molecular formula is C19H23N. The van der Waals surface area contributed by atoms with Gasteiger partial charge < -0.3 is 5.73 Å². The molecule has 3 rings (SSSR count). The molecule has 0 bridgehead atoms. The molecule has 0 atom stereocenters. The first kappa shape index (κ1) is 13.4. The number of rotatable bonds is 4. The van der Waals surface area contributed by atoms with Crippen LogP contribution in [0.1, 0.15) is 40.7 Å². The maximum atomic E-state index is 5.94. The van der Waals surface area contributed by atoms with E-state index < -0.39 is 0 Å². The zero-order valence-electron chi connectivity index (χ0n) is 12.4. The van der Waals surface area contributed by atoms with Crippen molar-refractivity contribution in [1.82, 2.24) is 0 Å². The van der Waals surface area contributed by atoms with E-state index in [0.717, 1.165) is 13.0 Å². The summed E-state index contributed by atoms with van der Waals surface area (Å²) in [5.41, 5.74) is 13.2. The molecule has 0 amide bonds. The summed E-state index contributed by atoms with van der Waals surface area (Å²) in [5.74, 6) is 0. The molecule has 0 radical (unpaired) electrons. The van der Waals surface area contributed by atoms with Gasteiger partial charge in [-0.1, -0.05) is 42.5 Å². The van der Waals surface area contributed by atoms with Crippen LogP contribution in [-0.2, 0) is 11.8 Å². The van der Waals surface area contributed by atoms with Crippen molar-refractivity contribution in [1.29, 1.82) is 0 Å². The maximum Gasteiger partial charge on any atom is 0.00763 e. The summed E-state index contributed by atoms with van der Waals surface area (Å²) in [4.78, 5) is 0. The molecule has 1 aliphatic rings. The summed E-state index contributed by atoms with van der Waals surface area (Å²) in [7, 11) is 0. The Kier molecular flexibility index (Phi) is 3.39. The van der Waals surface area contributed by atoms with Gasteiger partial charge in [0.1, 0.15) is 0 Å². The highest BCUT2D eigenvalue weighted by atomic mass is 14.7. The molecule has 104 valence electrons. The smallest absolute Gasteiger partial charge is 0.00763 e. The van der Waals surface area contributed by atoms with Crippen LogP contribution in [0, 0.1) is 13.8 Å². The highest BCUT2D eigenvalue weighted by molar-refractivity contribution is 5.38. The number of aryl methyl sites for hydroxylation is 2. The topological polar surface area (TPSA) is 26.0 Å². The predicted octanol–water partition coefficient (Wildman–Crippen LogP) is 3.88. The van der Waals surface area contributed by atoms with Gasteiger partial charge in [0.05, 0.1) is 0 Å². The lowest BCUT2D eigenvalue weighted by molar-refractivity contribution is 0.703. The van der Waals surface area contributed by atoms with Gasteiger partial charge in [-0.3, -0.25) is 0 Å². The van der Waals surface area contributed by atoms with E-state index >= 15 is 0 Å². The number of nitrogens with two attached hydrogens (primary N) is 1. The lowest BCUT2D eigenvalue weighted by atomic mass is 9.92. The van der Waals surface area contributed by atoms with Crippen LogP contribution >= 0.6 is 0 Å². The van der Waals surface area contributed by atoms with Gasteiger partial charge in [0, 0.05) is 12.0 Å². The molecule has 1 aliphatic carbocycles. The molecule has 0 spiro atoms. The molecule has 0 unspecified atom stereocenters. The van der Waals surface area contributed by atoms with Gasteiger partial charge in [-0.25, -0.2) is 0 Å². The second-order valence-corrected chi connectivity index (χ2v) is 6.28. The molecule has 1 saturated carbocycles. The fourth-order valence-corrected chi connectivity index (χ4v) is 2.92. The lowest BCUT2D eigenvalue weighted by Gasteiger charge is -2.14. The highest BCUT2D eigenvalue weighted by Gasteiger charge is 2.42. The first-order valence-corrected chi connectivity index (χ1v) is 7.49. The molecule has 1 heteroatoms. The molecule has 2 aromatic rings. The quantitative estimate of drug-likeness (QED) is 0.892. The first-order chi connectivity index (χ1) is 9.63. The van der Waals surface area contributed by atoms with Crippen molar-refractivity contribution in [3.63, 3.8) is 0 Å². The minimum Gasteiger partial charge on any atom is -0.330 e. The summed E-state index contributed by atoms with van der Waals surface area (Å²) < 4.78 is 0. The Morgan fingerprint density at radius 1 is 0.950 bits per heavy atom. The summed E-state index contributed by atoms with van der Waals surface area (Å²) in [5, 5.41) is 0. The third kappa shape index (κ3) is 2.51. The van der Waals surface area contributed by atoms with Gasteiger partial charge in [0.15, 0.2) is 0 Å². The van der Waals surface area contributed by atoms with Gasteiger partial charge in [0.25, 0.3) is 0 Å². The third-order valence-electron chi connectivity index (χ3n) is 4.76. The van der Waals surface area contributed by atoms with Crippen molar-refractivity contribution in [3.8, 4) is 0 Å². The molecule has 2 N–H and O–H groups in total. The second-order valence-electron chi connectivity index (χ2n) is 6.28. The van der Waals surface area contributed by atoms with Crippen LogP contribution in [0.5, 0.6) is 0 Å². The van der Waals surface area contributed by atoms with Crippen LogP contribution in [0.2, 0.25) is 0 Å². The van der Waals surface area contributed by atoms with E-state index in [0.29, 0.717) is 5.41 Å². The zero-order valence-corrected chi connectivity index (χ0v) is 12.4. The van der Waals surface area contributed by atoms with Crippen molar-refractivity contribution in [2.24, 2.45) is 5.73 Å². The molecule has 1 fully saturated rings. The molecule has 2 aromatic carbocycles. The number of hydrogen-bond donors (Lipinski definition) is 1. The van der Waals surface area contributed by atoms with Crippen molar-refractivity contribution < 1.29 is 0 Å². The van der Waals surface area contributed by atoms with E-state index in [-0.39, 0.29) is 0 Å². The van der Waals surface area contributed by atoms with E-state index in [4.69, 9.17) is 5.73 Å². The Morgan fingerprint density at radius 3 is 2.35 bits per heavy atom. The van der Waals surface area contributed by atoms with E-state index in [9.17, 15) is 0 Å². The minimum atomic E-state index is 0.291. The fraction of sp³-hybridized carbons (Fsp3) is 0.368. The molecule has 0 saturated heterocycles. The van der Waals surface area contributed by atoms with Gasteiger partial charge in [-0.2, -0.15) is 0 Å². The Bertz CT molecular complexity index is 623. The summed E-state index contributed by atoms with van der Waals surface area (Å²) in [6.45, 7) is 5.13. The van der Waals surface area contributed by atoms with Gasteiger partial charge in [0.2, 0.25) is 0 Å². The van der Waals surface area contributed by atoms with Crippen LogP contribution < -0.4 is 5.73 Å². The highest BCUT2D eigenvalue weighted by Crippen LogP contribution is 2.47.